The summed E-state index contributed by atoms with van der Waals surface area (Å²) in [5.74, 6) is 0.635. The SMILES string of the molecule is C=CCC1(S(=O)(=O)N2CC(C)c3c(C(=O)NCc4c(OC)cc(C)[nH]c4=O)cc(-c4ccc(N5CCN(C)CC5)nc4)cc32)CC1. The van der Waals surface area contributed by atoms with E-state index in [0.29, 0.717) is 58.6 Å². The third kappa shape index (κ3) is 5.68. The van der Waals surface area contributed by atoms with Gasteiger partial charge in [0.1, 0.15) is 11.6 Å². The van der Waals surface area contributed by atoms with Gasteiger partial charge in [0.15, 0.2) is 0 Å². The number of aromatic amines is 1. The average Bonchev–Trinajstić information content (AvgIpc) is 3.76. The number of aryl methyl sites for hydroxylation is 1. The summed E-state index contributed by atoms with van der Waals surface area (Å²) in [6.07, 6.45) is 5.01. The topological polar surface area (TPSA) is 128 Å². The van der Waals surface area contributed by atoms with Crippen LogP contribution in [0.5, 0.6) is 5.75 Å². The van der Waals surface area contributed by atoms with E-state index in [0.717, 1.165) is 37.6 Å². The number of benzene rings is 1. The van der Waals surface area contributed by atoms with Crippen LogP contribution >= 0.6 is 0 Å². The molecule has 0 radical (unpaired) electrons. The molecule has 2 N–H and O–H groups in total. The number of methoxy groups -OCH3 is 1. The second kappa shape index (κ2) is 12.2. The Morgan fingerprint density at radius 1 is 1.17 bits per heavy atom. The molecule has 6 rings (SSSR count). The minimum Gasteiger partial charge on any atom is -0.496 e. The number of fused-ring (bicyclic) bond motifs is 1. The molecule has 2 aliphatic heterocycles. The van der Waals surface area contributed by atoms with Crippen LogP contribution in [-0.4, -0.2) is 80.8 Å². The molecule has 1 saturated heterocycles. The molecule has 4 heterocycles. The fraction of sp³-hybridized carbons (Fsp3) is 0.441. The molecule has 3 aromatic rings. The number of ether oxygens (including phenoxy) is 1. The number of sulfonamides is 1. The first-order chi connectivity index (χ1) is 22.0. The van der Waals surface area contributed by atoms with Crippen molar-refractivity contribution in [3.63, 3.8) is 0 Å². The lowest BCUT2D eigenvalue weighted by molar-refractivity contribution is 0.0949. The van der Waals surface area contributed by atoms with Crippen molar-refractivity contribution in [2.24, 2.45) is 0 Å². The number of pyridine rings is 2. The Morgan fingerprint density at radius 3 is 2.54 bits per heavy atom. The highest BCUT2D eigenvalue weighted by Crippen LogP contribution is 2.52. The van der Waals surface area contributed by atoms with Crippen LogP contribution in [0.2, 0.25) is 0 Å². The van der Waals surface area contributed by atoms with E-state index in [1.54, 1.807) is 31.3 Å². The van der Waals surface area contributed by atoms with Gasteiger partial charge in [-0.25, -0.2) is 13.4 Å². The maximum atomic E-state index is 14.1. The maximum Gasteiger partial charge on any atom is 0.256 e. The molecule has 3 aliphatic rings. The molecule has 1 aliphatic carbocycles. The van der Waals surface area contributed by atoms with E-state index >= 15 is 0 Å². The number of allylic oxidation sites excluding steroid dienone is 1. The van der Waals surface area contributed by atoms with Crippen LogP contribution < -0.4 is 24.8 Å². The number of H-pyrrole nitrogens is 1. The first-order valence-electron chi connectivity index (χ1n) is 15.7. The maximum absolute atomic E-state index is 14.1. The number of hydrogen-bond acceptors (Lipinski definition) is 8. The van der Waals surface area contributed by atoms with Crippen molar-refractivity contribution >= 4 is 27.4 Å². The molecule has 1 aromatic carbocycles. The van der Waals surface area contributed by atoms with Gasteiger partial charge in [0.2, 0.25) is 10.0 Å². The summed E-state index contributed by atoms with van der Waals surface area (Å²) in [4.78, 5) is 38.7. The summed E-state index contributed by atoms with van der Waals surface area (Å²) >= 11 is 0. The molecule has 0 bridgehead atoms. The number of carbonyl (C=O) groups excluding carboxylic acids is 1. The Morgan fingerprint density at radius 2 is 1.91 bits per heavy atom. The molecule has 11 nitrogen and oxygen atoms in total. The number of aromatic nitrogens is 2. The van der Waals surface area contributed by atoms with E-state index in [1.165, 1.54) is 11.4 Å². The average molecular weight is 647 g/mol. The second-order valence-corrected chi connectivity index (χ2v) is 15.0. The lowest BCUT2D eigenvalue weighted by Gasteiger charge is -2.33. The second-order valence-electron chi connectivity index (χ2n) is 12.8. The molecule has 1 unspecified atom stereocenters. The fourth-order valence-corrected chi connectivity index (χ4v) is 8.91. The molecule has 1 saturated carbocycles. The van der Waals surface area contributed by atoms with Crippen molar-refractivity contribution in [1.82, 2.24) is 20.2 Å². The number of rotatable bonds is 10. The summed E-state index contributed by atoms with van der Waals surface area (Å²) in [6.45, 7) is 11.4. The number of nitrogens with one attached hydrogen (secondary N) is 2. The summed E-state index contributed by atoms with van der Waals surface area (Å²) in [5, 5.41) is 2.90. The van der Waals surface area contributed by atoms with Crippen LogP contribution in [0.15, 0.2) is 54.0 Å². The van der Waals surface area contributed by atoms with E-state index in [4.69, 9.17) is 9.72 Å². The quantitative estimate of drug-likeness (QED) is 0.319. The van der Waals surface area contributed by atoms with Gasteiger partial charge in [0, 0.05) is 61.7 Å². The fourth-order valence-electron chi connectivity index (χ4n) is 6.67. The molecule has 1 amide bonds. The number of anilines is 2. The van der Waals surface area contributed by atoms with E-state index in [1.807, 2.05) is 25.1 Å². The smallest absolute Gasteiger partial charge is 0.256 e. The molecule has 2 aromatic heterocycles. The van der Waals surface area contributed by atoms with Gasteiger partial charge in [0.25, 0.3) is 11.5 Å². The van der Waals surface area contributed by atoms with Crippen molar-refractivity contribution in [2.45, 2.75) is 50.3 Å². The van der Waals surface area contributed by atoms with E-state index in [-0.39, 0.29) is 24.6 Å². The summed E-state index contributed by atoms with van der Waals surface area (Å²) < 4.78 is 34.3. The van der Waals surface area contributed by atoms with E-state index in [9.17, 15) is 18.0 Å². The van der Waals surface area contributed by atoms with E-state index < -0.39 is 20.7 Å². The van der Waals surface area contributed by atoms with Crippen LogP contribution in [0.25, 0.3) is 11.1 Å². The lowest BCUT2D eigenvalue weighted by Crippen LogP contribution is -2.44. The summed E-state index contributed by atoms with van der Waals surface area (Å²) in [6, 6.07) is 9.34. The molecule has 1 atom stereocenters. The van der Waals surface area contributed by atoms with Crippen molar-refractivity contribution < 1.29 is 17.9 Å². The molecule has 2 fully saturated rings. The minimum atomic E-state index is -3.73. The van der Waals surface area contributed by atoms with Gasteiger partial charge < -0.3 is 24.8 Å². The number of piperazine rings is 1. The summed E-state index contributed by atoms with van der Waals surface area (Å²) in [5.41, 5.74) is 3.63. The first-order valence-corrected chi connectivity index (χ1v) is 17.2. The Kier molecular flexibility index (Phi) is 8.45. The third-order valence-corrected chi connectivity index (χ3v) is 12.1. The first kappa shape index (κ1) is 31.8. The van der Waals surface area contributed by atoms with Crippen molar-refractivity contribution in [1.29, 1.82) is 0 Å². The lowest BCUT2D eigenvalue weighted by atomic mass is 9.93. The van der Waals surface area contributed by atoms with Gasteiger partial charge in [0.05, 0.1) is 29.7 Å². The molecule has 12 heteroatoms. The molecular formula is C34H42N6O5S. The molecule has 46 heavy (non-hydrogen) atoms. The highest BCUT2D eigenvalue weighted by atomic mass is 32.2. The van der Waals surface area contributed by atoms with Crippen molar-refractivity contribution in [3.05, 3.63) is 81.9 Å². The Labute approximate surface area is 270 Å². The zero-order valence-corrected chi connectivity index (χ0v) is 27.7. The van der Waals surface area contributed by atoms with Gasteiger partial charge in [-0.15, -0.1) is 6.58 Å². The molecule has 244 valence electrons. The predicted molar refractivity (Wildman–Crippen MR) is 180 cm³/mol. The standard InChI is InChI=1S/C34H42N6O5S/c1-6-9-34(10-11-34)46(43,44)40-21-22(2)31-26(32(41)36-20-27-29(45-5)16-23(3)37-33(27)42)17-25(18-28(31)40)24-7-8-30(35-19-24)39-14-12-38(4)13-15-39/h6-8,16-19,22H,1,9-15,20-21H2,2-5H3,(H,36,41)(H,37,42). The number of nitrogens with zero attached hydrogens (tertiary/aromatic N) is 4. The van der Waals surface area contributed by atoms with Crippen LogP contribution in [0, 0.1) is 6.92 Å². The zero-order valence-electron chi connectivity index (χ0n) is 26.9. The Hall–Kier alpha value is -4.16. The zero-order chi connectivity index (χ0) is 32.8. The van der Waals surface area contributed by atoms with Gasteiger partial charge in [-0.05, 0) is 74.7 Å². The van der Waals surface area contributed by atoms with E-state index in [2.05, 4.69) is 33.7 Å². The number of likely N-dealkylation sites (N-methyl/N-ethyl adjacent to an activating group) is 1. The molecular weight excluding hydrogens is 604 g/mol. The highest BCUT2D eigenvalue weighted by molar-refractivity contribution is 7.94. The van der Waals surface area contributed by atoms with Gasteiger partial charge >= 0.3 is 0 Å². The van der Waals surface area contributed by atoms with Gasteiger partial charge in [-0.3, -0.25) is 13.9 Å². The van der Waals surface area contributed by atoms with Crippen LogP contribution in [0.1, 0.15) is 59.3 Å². The van der Waals surface area contributed by atoms with Crippen molar-refractivity contribution in [3.8, 4) is 16.9 Å². The number of amides is 1. The number of carbonyl (C=O) groups is 1. The van der Waals surface area contributed by atoms with Gasteiger partial charge in [-0.2, -0.15) is 0 Å². The largest absolute Gasteiger partial charge is 0.496 e. The third-order valence-electron chi connectivity index (χ3n) is 9.55. The molecule has 0 spiro atoms. The van der Waals surface area contributed by atoms with Crippen LogP contribution in [-0.2, 0) is 16.6 Å². The van der Waals surface area contributed by atoms with Crippen LogP contribution in [0.3, 0.4) is 0 Å². The highest BCUT2D eigenvalue weighted by Gasteiger charge is 2.57. The monoisotopic (exact) mass is 646 g/mol. The number of hydrogen-bond donors (Lipinski definition) is 2. The predicted octanol–water partition coefficient (Wildman–Crippen LogP) is 3.80. The Bertz CT molecular complexity index is 1830. The normalized spacial score (nSPS) is 19.1. The van der Waals surface area contributed by atoms with Crippen molar-refractivity contribution in [2.75, 3.05) is 56.1 Å². The Balaban J connectivity index is 1.39. The van der Waals surface area contributed by atoms with Gasteiger partial charge in [-0.1, -0.05) is 13.0 Å². The summed E-state index contributed by atoms with van der Waals surface area (Å²) in [7, 11) is -0.145. The van der Waals surface area contributed by atoms with Crippen LogP contribution in [0.4, 0.5) is 11.5 Å². The minimum absolute atomic E-state index is 0.0588.